The van der Waals surface area contributed by atoms with Crippen LogP contribution in [0, 0.1) is 0 Å². The predicted octanol–water partition coefficient (Wildman–Crippen LogP) is 3.63. The van der Waals surface area contributed by atoms with Crippen molar-refractivity contribution in [3.05, 3.63) is 42.9 Å². The Hall–Kier alpha value is -2.30. The Labute approximate surface area is 194 Å². The minimum atomic E-state index is -0.677. The van der Waals surface area contributed by atoms with Crippen molar-refractivity contribution < 1.29 is 23.9 Å². The van der Waals surface area contributed by atoms with Crippen molar-refractivity contribution in [1.82, 2.24) is 0 Å². The lowest BCUT2D eigenvalue weighted by Crippen LogP contribution is -2.44. The molecule has 31 heavy (non-hydrogen) atoms. The van der Waals surface area contributed by atoms with Gasteiger partial charge in [0.05, 0.1) is 35.2 Å². The number of anilines is 1. The average Bonchev–Trinajstić information content (AvgIpc) is 3.17. The molecule has 0 spiro atoms. The summed E-state index contributed by atoms with van der Waals surface area (Å²) in [5, 5.41) is 3.34. The molecule has 0 unspecified atom stereocenters. The minimum absolute atomic E-state index is 0.143. The Morgan fingerprint density at radius 3 is 2.10 bits per heavy atom. The van der Waals surface area contributed by atoms with E-state index in [1.807, 2.05) is 26.8 Å². The van der Waals surface area contributed by atoms with Gasteiger partial charge in [-0.25, -0.2) is 9.59 Å². The number of esters is 2. The summed E-state index contributed by atoms with van der Waals surface area (Å²) in [5.41, 5.74) is 8.25. The summed E-state index contributed by atoms with van der Waals surface area (Å²) in [4.78, 5) is 37.7. The largest absolute Gasteiger partial charge is 0.465 e. The number of rotatable bonds is 4. The van der Waals surface area contributed by atoms with E-state index in [0.29, 0.717) is 37.9 Å². The molecule has 2 aliphatic rings. The molecule has 0 atom stereocenters. The van der Waals surface area contributed by atoms with E-state index >= 15 is 0 Å². The summed E-state index contributed by atoms with van der Waals surface area (Å²) in [5.74, 6) is -1.82. The number of carbonyl (C=O) groups excluding carboxylic acids is 3. The van der Waals surface area contributed by atoms with Gasteiger partial charge in [-0.05, 0) is 38.0 Å². The number of hydrogen-bond donors (Lipinski definition) is 2. The number of nitrogens with one attached hydrogen (secondary N) is 1. The van der Waals surface area contributed by atoms with E-state index in [2.05, 4.69) is 5.32 Å². The quantitative estimate of drug-likeness (QED) is 0.381. The van der Waals surface area contributed by atoms with Crippen LogP contribution in [-0.4, -0.2) is 42.5 Å². The van der Waals surface area contributed by atoms with Crippen LogP contribution in [0.15, 0.2) is 26.2 Å². The van der Waals surface area contributed by atoms with Gasteiger partial charge in [-0.15, -0.1) is 0 Å². The first kappa shape index (κ1) is 23.4. The first-order valence-corrected chi connectivity index (χ1v) is 11.4. The summed E-state index contributed by atoms with van der Waals surface area (Å²) in [6, 6.07) is 3.72. The van der Waals surface area contributed by atoms with Crippen LogP contribution in [0.2, 0.25) is 0 Å². The van der Waals surface area contributed by atoms with Crippen molar-refractivity contribution in [1.29, 1.82) is 0 Å². The van der Waals surface area contributed by atoms with Crippen LogP contribution in [-0.2, 0) is 25.5 Å². The van der Waals surface area contributed by atoms with Gasteiger partial charge >= 0.3 is 11.9 Å². The molecule has 164 valence electrons. The molecule has 0 saturated heterocycles. The number of aryl methyl sites for hydroxylation is 1. The summed E-state index contributed by atoms with van der Waals surface area (Å²) >= 11 is 8.04. The van der Waals surface area contributed by atoms with Gasteiger partial charge in [-0.2, -0.15) is 0 Å². The summed E-state index contributed by atoms with van der Waals surface area (Å²) < 4.78 is 10.3. The molecule has 1 amide bonds. The van der Waals surface area contributed by atoms with Gasteiger partial charge in [0.2, 0.25) is 0 Å². The van der Waals surface area contributed by atoms with Crippen molar-refractivity contribution in [3.63, 3.8) is 0 Å². The zero-order chi connectivity index (χ0) is 23.1. The Morgan fingerprint density at radius 1 is 1.10 bits per heavy atom. The maximum Gasteiger partial charge on any atom is 0.346 e. The number of benzene rings is 1. The molecule has 0 aliphatic carbocycles. The third kappa shape index (κ3) is 4.11. The molecule has 0 saturated carbocycles. The molecule has 10 heteroatoms. The summed E-state index contributed by atoms with van der Waals surface area (Å²) in [6.07, 6.45) is 0.686. The SMILES string of the molecule is CCc1cc(C(N)=O)c2c(c1)C(=C1SC(C(=O)OC)=C(C(=O)OC)S1)C(=S)C(C)(C)N2. The third-order valence-electron chi connectivity index (χ3n) is 4.91. The van der Waals surface area contributed by atoms with E-state index < -0.39 is 23.4 Å². The maximum absolute atomic E-state index is 12.3. The molecule has 3 N–H and O–H groups in total. The lowest BCUT2D eigenvalue weighted by atomic mass is 9.83. The molecule has 0 aromatic heterocycles. The molecular formula is C21H22N2O5S3. The normalized spacial score (nSPS) is 17.3. The minimum Gasteiger partial charge on any atom is -0.465 e. The van der Waals surface area contributed by atoms with E-state index in [1.54, 1.807) is 6.07 Å². The van der Waals surface area contributed by atoms with E-state index in [9.17, 15) is 14.4 Å². The molecule has 3 rings (SSSR count). The lowest BCUT2D eigenvalue weighted by molar-refractivity contribution is -0.138. The van der Waals surface area contributed by atoms with Crippen molar-refractivity contribution in [2.24, 2.45) is 5.73 Å². The molecule has 7 nitrogen and oxygen atoms in total. The second-order valence-corrected chi connectivity index (χ2v) is 10.1. The monoisotopic (exact) mass is 478 g/mol. The van der Waals surface area contributed by atoms with Gasteiger partial charge in [-0.1, -0.05) is 42.7 Å². The van der Waals surface area contributed by atoms with Crippen LogP contribution in [0.4, 0.5) is 5.69 Å². The molecule has 0 radical (unpaired) electrons. The Balaban J connectivity index is 2.29. The number of thioether (sulfide) groups is 2. The molecule has 0 fully saturated rings. The smallest absolute Gasteiger partial charge is 0.346 e. The number of hydrogen-bond acceptors (Lipinski definition) is 9. The highest BCUT2D eigenvalue weighted by Crippen LogP contribution is 2.55. The molecular weight excluding hydrogens is 456 g/mol. The number of primary amides is 1. The summed E-state index contributed by atoms with van der Waals surface area (Å²) in [7, 11) is 2.50. The van der Waals surface area contributed by atoms with Gasteiger partial charge in [0.15, 0.2) is 0 Å². The van der Waals surface area contributed by atoms with Crippen molar-refractivity contribution in [3.8, 4) is 0 Å². The van der Waals surface area contributed by atoms with Crippen LogP contribution in [0.1, 0.15) is 42.3 Å². The van der Waals surface area contributed by atoms with Gasteiger partial charge in [0.1, 0.15) is 9.81 Å². The van der Waals surface area contributed by atoms with E-state index in [-0.39, 0.29) is 9.81 Å². The number of methoxy groups -OCH3 is 2. The van der Waals surface area contributed by atoms with Crippen LogP contribution in [0.5, 0.6) is 0 Å². The predicted molar refractivity (Wildman–Crippen MR) is 128 cm³/mol. The Morgan fingerprint density at radius 2 is 1.65 bits per heavy atom. The maximum atomic E-state index is 12.3. The molecule has 1 aromatic rings. The number of thiocarbonyl (C=S) groups is 1. The number of ether oxygens (including phenoxy) is 2. The molecule has 2 aliphatic heterocycles. The highest BCUT2D eigenvalue weighted by molar-refractivity contribution is 8.29. The fourth-order valence-corrected chi connectivity index (χ4v) is 6.29. The zero-order valence-corrected chi connectivity index (χ0v) is 20.2. The van der Waals surface area contributed by atoms with Crippen LogP contribution in [0.25, 0.3) is 5.57 Å². The van der Waals surface area contributed by atoms with Crippen LogP contribution < -0.4 is 11.1 Å². The van der Waals surface area contributed by atoms with Gasteiger partial charge in [0, 0.05) is 16.0 Å². The lowest BCUT2D eigenvalue weighted by Gasteiger charge is -2.38. The zero-order valence-electron chi connectivity index (χ0n) is 17.7. The fourth-order valence-electron chi connectivity index (χ4n) is 3.29. The second kappa shape index (κ2) is 8.68. The van der Waals surface area contributed by atoms with Gasteiger partial charge in [0.25, 0.3) is 5.91 Å². The second-order valence-electron chi connectivity index (χ2n) is 7.37. The van der Waals surface area contributed by atoms with Gasteiger partial charge in [-0.3, -0.25) is 4.79 Å². The average molecular weight is 479 g/mol. The van der Waals surface area contributed by atoms with Crippen molar-refractivity contribution >= 4 is 69.7 Å². The molecule has 0 bridgehead atoms. The first-order valence-electron chi connectivity index (χ1n) is 9.36. The highest BCUT2D eigenvalue weighted by Gasteiger charge is 2.41. The van der Waals surface area contributed by atoms with Gasteiger partial charge < -0.3 is 20.5 Å². The molecule has 1 aromatic carbocycles. The van der Waals surface area contributed by atoms with Crippen molar-refractivity contribution in [2.75, 3.05) is 19.5 Å². The number of carbonyl (C=O) groups is 3. The number of fused-ring (bicyclic) bond motifs is 1. The third-order valence-corrected chi connectivity index (χ3v) is 8.19. The topological polar surface area (TPSA) is 108 Å². The van der Waals surface area contributed by atoms with E-state index in [0.717, 1.165) is 29.1 Å². The first-order chi connectivity index (χ1) is 14.5. The number of nitrogens with two attached hydrogens (primary N) is 1. The summed E-state index contributed by atoms with van der Waals surface area (Å²) in [6.45, 7) is 5.78. The van der Waals surface area contributed by atoms with E-state index in [1.165, 1.54) is 14.2 Å². The van der Waals surface area contributed by atoms with Crippen molar-refractivity contribution in [2.45, 2.75) is 32.7 Å². The Bertz CT molecular complexity index is 1060. The standard InChI is InChI=1S/C21H22N2O5S3/c1-6-9-7-10-12(16(29)21(2,3)23-13(10)11(8-9)17(22)24)20-30-14(18(25)27-4)15(31-20)19(26)28-5/h7-8,23H,6H2,1-5H3,(H2,22,24). The van der Waals surface area contributed by atoms with Crippen LogP contribution >= 0.6 is 35.7 Å². The highest BCUT2D eigenvalue weighted by atomic mass is 32.2. The number of amides is 1. The fraction of sp³-hybridized carbons (Fsp3) is 0.333. The Kier molecular flexibility index (Phi) is 6.54. The van der Waals surface area contributed by atoms with Crippen LogP contribution in [0.3, 0.4) is 0 Å². The molecule has 2 heterocycles. The van der Waals surface area contributed by atoms with E-state index in [4.69, 9.17) is 27.4 Å².